The van der Waals surface area contributed by atoms with Crippen molar-refractivity contribution in [2.24, 2.45) is 0 Å². The molecule has 0 bridgehead atoms. The molecule has 1 unspecified atom stereocenters. The number of carboxylic acid groups (broad SMARTS) is 1. The molecule has 0 aliphatic carbocycles. The van der Waals surface area contributed by atoms with Gasteiger partial charge in [0.15, 0.2) is 0 Å². The number of sulfonamides is 1. The minimum absolute atomic E-state index is 0.00298. The van der Waals surface area contributed by atoms with Gasteiger partial charge in [-0.3, -0.25) is 4.79 Å². The first kappa shape index (κ1) is 16.9. The first-order chi connectivity index (χ1) is 9.82. The van der Waals surface area contributed by atoms with Crippen LogP contribution in [0.25, 0.3) is 0 Å². The normalized spacial score (nSPS) is 20.6. The molecular formula is C13H18BrNO4S2. The van der Waals surface area contributed by atoms with E-state index >= 15 is 0 Å². The van der Waals surface area contributed by atoms with Gasteiger partial charge in [-0.2, -0.15) is 4.31 Å². The van der Waals surface area contributed by atoms with Crippen molar-refractivity contribution in [1.82, 2.24) is 4.31 Å². The van der Waals surface area contributed by atoms with Crippen LogP contribution in [0, 0.1) is 6.92 Å². The van der Waals surface area contributed by atoms with E-state index in [4.69, 9.17) is 5.11 Å². The highest BCUT2D eigenvalue weighted by molar-refractivity contribution is 9.11. The quantitative estimate of drug-likeness (QED) is 0.829. The number of hydrogen-bond donors (Lipinski definition) is 1. The maximum absolute atomic E-state index is 12.8. The molecule has 21 heavy (non-hydrogen) atoms. The van der Waals surface area contributed by atoms with Gasteiger partial charge in [0.05, 0.1) is 8.68 Å². The van der Waals surface area contributed by atoms with Crippen LogP contribution >= 0.6 is 27.3 Å². The number of carbonyl (C=O) groups is 1. The van der Waals surface area contributed by atoms with E-state index < -0.39 is 16.0 Å². The van der Waals surface area contributed by atoms with E-state index in [9.17, 15) is 13.2 Å². The first-order valence-corrected chi connectivity index (χ1v) is 9.87. The summed E-state index contributed by atoms with van der Waals surface area (Å²) in [6, 6.07) is 1.43. The lowest BCUT2D eigenvalue weighted by Crippen LogP contribution is -2.43. The van der Waals surface area contributed by atoms with Gasteiger partial charge in [0.25, 0.3) is 0 Å². The number of halogens is 1. The van der Waals surface area contributed by atoms with Crippen molar-refractivity contribution in [3.05, 3.63) is 14.7 Å². The number of carboxylic acids is 1. The van der Waals surface area contributed by atoms with Crippen molar-refractivity contribution < 1.29 is 18.3 Å². The number of nitrogens with zero attached hydrogens (tertiary/aromatic N) is 1. The van der Waals surface area contributed by atoms with Crippen LogP contribution in [0.2, 0.25) is 0 Å². The average Bonchev–Trinajstić information content (AvgIpc) is 2.76. The minimum atomic E-state index is -3.55. The van der Waals surface area contributed by atoms with Crippen LogP contribution in [0.1, 0.15) is 37.0 Å². The van der Waals surface area contributed by atoms with Gasteiger partial charge in [-0.1, -0.05) is 6.42 Å². The maximum atomic E-state index is 12.8. The highest BCUT2D eigenvalue weighted by Gasteiger charge is 2.35. The van der Waals surface area contributed by atoms with Gasteiger partial charge in [-0.05, 0) is 48.2 Å². The van der Waals surface area contributed by atoms with E-state index in [1.807, 2.05) is 0 Å². The lowest BCUT2D eigenvalue weighted by atomic mass is 10.0. The molecule has 0 spiro atoms. The summed E-state index contributed by atoms with van der Waals surface area (Å²) in [6.45, 7) is 2.26. The Morgan fingerprint density at radius 2 is 2.24 bits per heavy atom. The molecule has 1 aromatic heterocycles. The smallest absolute Gasteiger partial charge is 0.303 e. The van der Waals surface area contributed by atoms with Crippen LogP contribution in [0.4, 0.5) is 0 Å². The van der Waals surface area contributed by atoms with E-state index in [-0.39, 0.29) is 12.5 Å². The SMILES string of the molecule is Cc1sc(Br)cc1S(=O)(=O)N1CCCCC1CCC(=O)O. The molecule has 0 saturated carbocycles. The van der Waals surface area contributed by atoms with Gasteiger partial charge in [0.1, 0.15) is 0 Å². The predicted octanol–water partition coefficient (Wildman–Crippen LogP) is 3.23. The zero-order valence-electron chi connectivity index (χ0n) is 11.7. The highest BCUT2D eigenvalue weighted by atomic mass is 79.9. The molecule has 1 aliphatic heterocycles. The Morgan fingerprint density at radius 1 is 1.52 bits per heavy atom. The molecule has 118 valence electrons. The van der Waals surface area contributed by atoms with Crippen molar-refractivity contribution in [1.29, 1.82) is 0 Å². The Bertz CT molecular complexity index is 626. The Hall–Kier alpha value is -0.440. The summed E-state index contributed by atoms with van der Waals surface area (Å²) in [5, 5.41) is 8.83. The fourth-order valence-electron chi connectivity index (χ4n) is 2.68. The minimum Gasteiger partial charge on any atom is -0.481 e. The van der Waals surface area contributed by atoms with E-state index in [0.29, 0.717) is 17.9 Å². The summed E-state index contributed by atoms with van der Waals surface area (Å²) in [5.41, 5.74) is 0. The van der Waals surface area contributed by atoms with E-state index in [1.54, 1.807) is 13.0 Å². The lowest BCUT2D eigenvalue weighted by Gasteiger charge is -2.34. The van der Waals surface area contributed by atoms with Crippen molar-refractivity contribution in [3.8, 4) is 0 Å². The second kappa shape index (κ2) is 6.76. The third-order valence-corrected chi connectivity index (χ3v) is 7.45. The number of rotatable bonds is 5. The summed E-state index contributed by atoms with van der Waals surface area (Å²) in [6.07, 6.45) is 2.88. The van der Waals surface area contributed by atoms with E-state index in [1.165, 1.54) is 15.6 Å². The largest absolute Gasteiger partial charge is 0.481 e. The second-order valence-electron chi connectivity index (χ2n) is 5.17. The van der Waals surface area contributed by atoms with Crippen LogP contribution < -0.4 is 0 Å². The van der Waals surface area contributed by atoms with Gasteiger partial charge >= 0.3 is 5.97 Å². The van der Waals surface area contributed by atoms with Gasteiger partial charge in [0.2, 0.25) is 10.0 Å². The molecule has 1 aromatic rings. The van der Waals surface area contributed by atoms with Crippen LogP contribution in [-0.4, -0.2) is 36.4 Å². The van der Waals surface area contributed by atoms with Gasteiger partial charge in [-0.25, -0.2) is 8.42 Å². The average molecular weight is 396 g/mol. The fourth-order valence-corrected chi connectivity index (χ4v) is 6.79. The Morgan fingerprint density at radius 3 is 2.81 bits per heavy atom. The summed E-state index contributed by atoms with van der Waals surface area (Å²) < 4.78 is 28.0. The summed E-state index contributed by atoms with van der Waals surface area (Å²) in [7, 11) is -3.55. The van der Waals surface area contributed by atoms with Crippen LogP contribution in [0.5, 0.6) is 0 Å². The van der Waals surface area contributed by atoms with Crippen molar-refractivity contribution >= 4 is 43.3 Å². The number of aliphatic carboxylic acids is 1. The Balaban J connectivity index is 2.27. The maximum Gasteiger partial charge on any atom is 0.303 e. The molecule has 0 amide bonds. The third kappa shape index (κ3) is 3.85. The number of aryl methyl sites for hydroxylation is 1. The third-order valence-electron chi connectivity index (χ3n) is 3.69. The van der Waals surface area contributed by atoms with Crippen LogP contribution in [0.3, 0.4) is 0 Å². The molecule has 1 N–H and O–H groups in total. The van der Waals surface area contributed by atoms with Crippen molar-refractivity contribution in [2.45, 2.75) is 50.0 Å². The van der Waals surface area contributed by atoms with E-state index in [0.717, 1.165) is 27.9 Å². The van der Waals surface area contributed by atoms with E-state index in [2.05, 4.69) is 15.9 Å². The predicted molar refractivity (Wildman–Crippen MR) is 85.2 cm³/mol. The van der Waals surface area contributed by atoms with Crippen LogP contribution in [0.15, 0.2) is 14.7 Å². The monoisotopic (exact) mass is 395 g/mol. The molecule has 0 aromatic carbocycles. The van der Waals surface area contributed by atoms with Crippen molar-refractivity contribution in [3.63, 3.8) is 0 Å². The standard InChI is InChI=1S/C13H18BrNO4S2/c1-9-11(8-12(14)20-9)21(18,19)15-7-3-2-4-10(15)5-6-13(16)17/h8,10H,2-7H2,1H3,(H,16,17). The fraction of sp³-hybridized carbons (Fsp3) is 0.615. The molecule has 1 atom stereocenters. The Labute approximate surface area is 137 Å². The molecule has 5 nitrogen and oxygen atoms in total. The number of hydrogen-bond acceptors (Lipinski definition) is 4. The molecule has 8 heteroatoms. The molecule has 1 fully saturated rings. The van der Waals surface area contributed by atoms with Gasteiger partial charge in [-0.15, -0.1) is 11.3 Å². The number of piperidine rings is 1. The van der Waals surface area contributed by atoms with Gasteiger partial charge in [0, 0.05) is 23.9 Å². The molecular weight excluding hydrogens is 378 g/mol. The first-order valence-electron chi connectivity index (χ1n) is 6.82. The van der Waals surface area contributed by atoms with Crippen LogP contribution in [-0.2, 0) is 14.8 Å². The summed E-state index contributed by atoms with van der Waals surface area (Å²) in [5.74, 6) is -0.882. The second-order valence-corrected chi connectivity index (χ2v) is 9.66. The molecule has 2 heterocycles. The summed E-state index contributed by atoms with van der Waals surface area (Å²) >= 11 is 4.72. The Kier molecular flexibility index (Phi) is 5.45. The zero-order chi connectivity index (χ0) is 15.6. The van der Waals surface area contributed by atoms with Gasteiger partial charge < -0.3 is 5.11 Å². The topological polar surface area (TPSA) is 74.7 Å². The van der Waals surface area contributed by atoms with Crippen molar-refractivity contribution in [2.75, 3.05) is 6.54 Å². The molecule has 1 saturated heterocycles. The highest BCUT2D eigenvalue weighted by Crippen LogP contribution is 2.34. The summed E-state index contributed by atoms with van der Waals surface area (Å²) in [4.78, 5) is 11.8. The molecule has 2 rings (SSSR count). The lowest BCUT2D eigenvalue weighted by molar-refractivity contribution is -0.137. The zero-order valence-corrected chi connectivity index (χ0v) is 14.9. The molecule has 1 aliphatic rings. The molecule has 0 radical (unpaired) electrons. The number of thiophene rings is 1.